The Hall–Kier alpha value is -1.99. The predicted molar refractivity (Wildman–Crippen MR) is 82.5 cm³/mol. The van der Waals surface area contributed by atoms with Crippen molar-refractivity contribution in [2.24, 2.45) is 0 Å². The second-order valence-corrected chi connectivity index (χ2v) is 5.94. The number of carbonyl (C=O) groups excluding carboxylic acids is 1. The Balaban J connectivity index is 1.53. The van der Waals surface area contributed by atoms with Gasteiger partial charge in [-0.1, -0.05) is 17.7 Å². The smallest absolute Gasteiger partial charge is 0.238 e. The molecular formula is C14H17ClN6O. The van der Waals surface area contributed by atoms with Crippen LogP contribution in [0.3, 0.4) is 0 Å². The molecule has 1 saturated carbocycles. The zero-order valence-electron chi connectivity index (χ0n) is 12.2. The first kappa shape index (κ1) is 14.9. The summed E-state index contributed by atoms with van der Waals surface area (Å²) in [5, 5.41) is 15.2. The number of nitrogens with zero attached hydrogens (tertiary/aromatic N) is 5. The van der Waals surface area contributed by atoms with E-state index in [9.17, 15) is 4.79 Å². The summed E-state index contributed by atoms with van der Waals surface area (Å²) < 4.78 is 1.85. The van der Waals surface area contributed by atoms with E-state index in [4.69, 9.17) is 11.6 Å². The molecule has 3 rings (SSSR count). The van der Waals surface area contributed by atoms with E-state index in [0.29, 0.717) is 23.3 Å². The molecule has 1 fully saturated rings. The molecule has 1 amide bonds. The average Bonchev–Trinajstić information content (AvgIpc) is 3.19. The van der Waals surface area contributed by atoms with Crippen LogP contribution >= 0.6 is 11.6 Å². The number of carbonyl (C=O) groups is 1. The van der Waals surface area contributed by atoms with Crippen molar-refractivity contribution in [1.82, 2.24) is 25.1 Å². The molecule has 1 N–H and O–H groups in total. The van der Waals surface area contributed by atoms with Gasteiger partial charge in [-0.2, -0.15) is 0 Å². The van der Waals surface area contributed by atoms with Crippen molar-refractivity contribution < 1.29 is 4.79 Å². The maximum absolute atomic E-state index is 12.0. The molecule has 0 radical (unpaired) electrons. The van der Waals surface area contributed by atoms with Gasteiger partial charge in [-0.25, -0.2) is 4.68 Å². The van der Waals surface area contributed by atoms with Gasteiger partial charge in [0.25, 0.3) is 0 Å². The number of nitrogens with one attached hydrogen (secondary N) is 1. The first-order valence-corrected chi connectivity index (χ1v) is 7.50. The summed E-state index contributed by atoms with van der Waals surface area (Å²) in [6, 6.07) is 7.51. The Bertz CT molecular complexity index is 669. The average molecular weight is 321 g/mol. The molecule has 1 aliphatic rings. The fraction of sp³-hybridized carbons (Fsp3) is 0.429. The summed E-state index contributed by atoms with van der Waals surface area (Å²) in [7, 11) is 1.86. The molecule has 7 nitrogen and oxygen atoms in total. The lowest BCUT2D eigenvalue weighted by molar-refractivity contribution is -0.117. The van der Waals surface area contributed by atoms with E-state index in [0.717, 1.165) is 18.7 Å². The maximum Gasteiger partial charge on any atom is 0.238 e. The van der Waals surface area contributed by atoms with Crippen LogP contribution in [0.1, 0.15) is 24.7 Å². The van der Waals surface area contributed by atoms with Crippen LogP contribution in [0.25, 0.3) is 0 Å². The van der Waals surface area contributed by atoms with Crippen LogP contribution in [-0.2, 0) is 11.3 Å². The quantitative estimate of drug-likeness (QED) is 0.877. The highest BCUT2D eigenvalue weighted by atomic mass is 35.5. The van der Waals surface area contributed by atoms with E-state index in [1.165, 1.54) is 0 Å². The highest BCUT2D eigenvalue weighted by Crippen LogP contribution is 2.34. The van der Waals surface area contributed by atoms with Crippen LogP contribution in [0, 0.1) is 0 Å². The van der Waals surface area contributed by atoms with Crippen molar-refractivity contribution in [3.63, 3.8) is 0 Å². The molecule has 0 bridgehead atoms. The lowest BCUT2D eigenvalue weighted by Crippen LogP contribution is -2.30. The maximum atomic E-state index is 12.0. The van der Waals surface area contributed by atoms with Crippen molar-refractivity contribution in [3.05, 3.63) is 35.1 Å². The largest absolute Gasteiger partial charge is 0.325 e. The van der Waals surface area contributed by atoms with Crippen LogP contribution in [0.4, 0.5) is 5.69 Å². The van der Waals surface area contributed by atoms with E-state index >= 15 is 0 Å². The standard InChI is InChI=1S/C14H17ClN6O/c1-20(8-13-17-18-19-21(13)12-5-6-12)9-14(22)16-11-4-2-3-10(15)7-11/h2-4,7,12H,5-6,8-9H2,1H3,(H,16,22). The van der Waals surface area contributed by atoms with Gasteiger partial charge in [0.05, 0.1) is 19.1 Å². The van der Waals surface area contributed by atoms with Gasteiger partial charge in [-0.15, -0.1) is 5.10 Å². The highest BCUT2D eigenvalue weighted by Gasteiger charge is 2.28. The fourth-order valence-corrected chi connectivity index (χ4v) is 2.42. The molecule has 0 atom stereocenters. The number of halogens is 1. The summed E-state index contributed by atoms with van der Waals surface area (Å²) in [6.45, 7) is 0.788. The number of aromatic nitrogens is 4. The molecular weight excluding hydrogens is 304 g/mol. The van der Waals surface area contributed by atoms with Crippen molar-refractivity contribution in [2.75, 3.05) is 18.9 Å². The number of likely N-dealkylation sites (N-methyl/N-ethyl adjacent to an activating group) is 1. The van der Waals surface area contributed by atoms with E-state index in [-0.39, 0.29) is 12.5 Å². The molecule has 0 spiro atoms. The number of benzene rings is 1. The lowest BCUT2D eigenvalue weighted by atomic mass is 10.3. The number of hydrogen-bond donors (Lipinski definition) is 1. The molecule has 116 valence electrons. The number of rotatable bonds is 6. The second kappa shape index (κ2) is 6.41. The molecule has 1 heterocycles. The van der Waals surface area contributed by atoms with Crippen LogP contribution in [0.5, 0.6) is 0 Å². The van der Waals surface area contributed by atoms with Gasteiger partial charge in [0, 0.05) is 10.7 Å². The third-order valence-corrected chi connectivity index (χ3v) is 3.62. The van der Waals surface area contributed by atoms with Crippen LogP contribution in [0.2, 0.25) is 5.02 Å². The predicted octanol–water partition coefficient (Wildman–Crippen LogP) is 1.73. The van der Waals surface area contributed by atoms with E-state index in [2.05, 4.69) is 20.8 Å². The van der Waals surface area contributed by atoms with Gasteiger partial charge < -0.3 is 5.32 Å². The summed E-state index contributed by atoms with van der Waals surface area (Å²) in [5.74, 6) is 0.691. The minimum absolute atomic E-state index is 0.102. The minimum atomic E-state index is -0.102. The highest BCUT2D eigenvalue weighted by molar-refractivity contribution is 6.30. The first-order valence-electron chi connectivity index (χ1n) is 7.12. The summed E-state index contributed by atoms with van der Waals surface area (Å²) in [6.07, 6.45) is 2.24. The van der Waals surface area contributed by atoms with E-state index in [1.807, 2.05) is 16.6 Å². The van der Waals surface area contributed by atoms with Crippen LogP contribution in [-0.4, -0.2) is 44.6 Å². The van der Waals surface area contributed by atoms with E-state index < -0.39 is 0 Å². The SMILES string of the molecule is CN(CC(=O)Nc1cccc(Cl)c1)Cc1nnnn1C1CC1. The summed E-state index contributed by atoms with van der Waals surface area (Å²) in [4.78, 5) is 13.9. The third kappa shape index (κ3) is 3.80. The number of anilines is 1. The van der Waals surface area contributed by atoms with Crippen molar-refractivity contribution in [3.8, 4) is 0 Å². The summed E-state index contributed by atoms with van der Waals surface area (Å²) >= 11 is 5.90. The molecule has 2 aromatic rings. The second-order valence-electron chi connectivity index (χ2n) is 5.50. The molecule has 0 unspecified atom stereocenters. The molecule has 0 aliphatic heterocycles. The molecule has 1 aliphatic carbocycles. The molecule has 1 aromatic carbocycles. The first-order chi connectivity index (χ1) is 10.6. The zero-order chi connectivity index (χ0) is 15.5. The minimum Gasteiger partial charge on any atom is -0.325 e. The van der Waals surface area contributed by atoms with Crippen molar-refractivity contribution in [1.29, 1.82) is 0 Å². The Kier molecular flexibility index (Phi) is 4.35. The van der Waals surface area contributed by atoms with Gasteiger partial charge >= 0.3 is 0 Å². The number of tetrazole rings is 1. The monoisotopic (exact) mass is 320 g/mol. The normalized spacial score (nSPS) is 14.3. The van der Waals surface area contributed by atoms with Gasteiger partial charge in [-0.05, 0) is 48.5 Å². The van der Waals surface area contributed by atoms with Gasteiger partial charge in [0.1, 0.15) is 0 Å². The van der Waals surface area contributed by atoms with E-state index in [1.54, 1.807) is 24.3 Å². The number of amides is 1. The topological polar surface area (TPSA) is 75.9 Å². The molecule has 1 aromatic heterocycles. The van der Waals surface area contributed by atoms with Crippen LogP contribution in [0.15, 0.2) is 24.3 Å². The Morgan fingerprint density at radius 2 is 2.32 bits per heavy atom. The summed E-state index contributed by atoms with van der Waals surface area (Å²) in [5.41, 5.74) is 0.689. The van der Waals surface area contributed by atoms with Gasteiger partial charge in [0.15, 0.2) is 5.82 Å². The molecule has 0 saturated heterocycles. The third-order valence-electron chi connectivity index (χ3n) is 3.39. The Morgan fingerprint density at radius 3 is 3.05 bits per heavy atom. The van der Waals surface area contributed by atoms with Crippen LogP contribution < -0.4 is 5.32 Å². The lowest BCUT2D eigenvalue weighted by Gasteiger charge is -2.15. The van der Waals surface area contributed by atoms with Gasteiger partial charge in [0.2, 0.25) is 5.91 Å². The number of hydrogen-bond acceptors (Lipinski definition) is 5. The van der Waals surface area contributed by atoms with Crippen molar-refractivity contribution >= 4 is 23.2 Å². The van der Waals surface area contributed by atoms with Gasteiger partial charge in [-0.3, -0.25) is 9.69 Å². The zero-order valence-corrected chi connectivity index (χ0v) is 13.0. The Morgan fingerprint density at radius 1 is 1.50 bits per heavy atom. The fourth-order valence-electron chi connectivity index (χ4n) is 2.23. The van der Waals surface area contributed by atoms with Crippen molar-refractivity contribution in [2.45, 2.75) is 25.4 Å². The molecule has 8 heteroatoms. The Labute approximate surface area is 133 Å². The molecule has 22 heavy (non-hydrogen) atoms.